The van der Waals surface area contributed by atoms with Crippen molar-refractivity contribution >= 4 is 11.6 Å². The molecule has 0 aliphatic heterocycles. The lowest BCUT2D eigenvalue weighted by Gasteiger charge is -2.25. The first-order valence-electron chi connectivity index (χ1n) is 5.41. The number of nitrogens with zero attached hydrogens (tertiary/aromatic N) is 1. The molecule has 0 saturated heterocycles. The highest BCUT2D eigenvalue weighted by molar-refractivity contribution is 5.96. The van der Waals surface area contributed by atoms with Crippen molar-refractivity contribution in [3.8, 4) is 5.88 Å². The summed E-state index contributed by atoms with van der Waals surface area (Å²) in [5.74, 6) is 0.130. The van der Waals surface area contributed by atoms with Crippen LogP contribution in [0, 0.1) is 5.41 Å². The highest BCUT2D eigenvalue weighted by Crippen LogP contribution is 2.22. The predicted octanol–water partition coefficient (Wildman–Crippen LogP) is 1.40. The number of carbonyl (C=O) groups is 1. The molecule has 94 valence electrons. The van der Waals surface area contributed by atoms with Crippen LogP contribution in [0.3, 0.4) is 0 Å². The Hall–Kier alpha value is -1.62. The molecule has 0 saturated carbocycles. The van der Waals surface area contributed by atoms with Gasteiger partial charge in [0.1, 0.15) is 5.69 Å². The first-order chi connectivity index (χ1) is 7.86. The third kappa shape index (κ3) is 3.42. The molecule has 0 fully saturated rings. The Labute approximate surface area is 101 Å². The average Bonchev–Trinajstić information content (AvgIpc) is 2.27. The van der Waals surface area contributed by atoms with E-state index in [0.717, 1.165) is 0 Å². The Morgan fingerprint density at radius 3 is 2.71 bits per heavy atom. The summed E-state index contributed by atoms with van der Waals surface area (Å²) in [6, 6.07) is 2.85. The summed E-state index contributed by atoms with van der Waals surface area (Å²) in [7, 11) is 1.50. The third-order valence-electron chi connectivity index (χ3n) is 2.44. The van der Waals surface area contributed by atoms with E-state index in [2.05, 4.69) is 10.3 Å². The van der Waals surface area contributed by atoms with Crippen LogP contribution in [0.25, 0.3) is 0 Å². The molecule has 1 aromatic rings. The number of anilines is 1. The van der Waals surface area contributed by atoms with E-state index in [1.54, 1.807) is 18.3 Å². The zero-order valence-electron chi connectivity index (χ0n) is 10.7. The Morgan fingerprint density at radius 2 is 2.18 bits per heavy atom. The molecule has 0 radical (unpaired) electrons. The molecule has 0 aromatic carbocycles. The van der Waals surface area contributed by atoms with Gasteiger partial charge >= 0.3 is 0 Å². The zero-order valence-corrected chi connectivity index (χ0v) is 10.7. The SMILES string of the molecule is COc1ncccc1NC(=O)[C@H](N)C(C)(C)C. The lowest BCUT2D eigenvalue weighted by molar-refractivity contribution is -0.119. The number of hydrogen-bond acceptors (Lipinski definition) is 4. The first kappa shape index (κ1) is 13.4. The molecule has 1 rings (SSSR count). The van der Waals surface area contributed by atoms with Gasteiger partial charge in [-0.2, -0.15) is 0 Å². The van der Waals surface area contributed by atoms with Gasteiger partial charge in [-0.25, -0.2) is 4.98 Å². The Bertz CT molecular complexity index is 399. The Kier molecular flexibility index (Phi) is 4.07. The minimum Gasteiger partial charge on any atom is -0.480 e. The number of hydrogen-bond donors (Lipinski definition) is 2. The van der Waals surface area contributed by atoms with Crippen LogP contribution in [-0.4, -0.2) is 24.0 Å². The maximum atomic E-state index is 11.9. The minimum absolute atomic E-state index is 0.246. The summed E-state index contributed by atoms with van der Waals surface area (Å²) in [6.07, 6.45) is 1.60. The minimum atomic E-state index is -0.590. The van der Waals surface area contributed by atoms with Crippen LogP contribution in [0.1, 0.15) is 20.8 Å². The van der Waals surface area contributed by atoms with Crippen LogP contribution in [0.5, 0.6) is 5.88 Å². The molecule has 1 atom stereocenters. The zero-order chi connectivity index (χ0) is 13.1. The summed E-state index contributed by atoms with van der Waals surface area (Å²) in [4.78, 5) is 15.9. The van der Waals surface area contributed by atoms with E-state index in [1.807, 2.05) is 20.8 Å². The molecule has 1 heterocycles. The number of aromatic nitrogens is 1. The van der Waals surface area contributed by atoms with Crippen molar-refractivity contribution in [2.75, 3.05) is 12.4 Å². The summed E-state index contributed by atoms with van der Waals surface area (Å²) in [5.41, 5.74) is 6.10. The second-order valence-electron chi connectivity index (χ2n) is 4.89. The van der Waals surface area contributed by atoms with Crippen molar-refractivity contribution in [1.29, 1.82) is 0 Å². The largest absolute Gasteiger partial charge is 0.480 e. The highest BCUT2D eigenvalue weighted by atomic mass is 16.5. The molecule has 5 heteroatoms. The smallest absolute Gasteiger partial charge is 0.241 e. The molecule has 5 nitrogen and oxygen atoms in total. The van der Waals surface area contributed by atoms with Gasteiger partial charge in [-0.1, -0.05) is 20.8 Å². The van der Waals surface area contributed by atoms with Gasteiger partial charge in [-0.15, -0.1) is 0 Å². The monoisotopic (exact) mass is 237 g/mol. The fourth-order valence-corrected chi connectivity index (χ4v) is 1.25. The van der Waals surface area contributed by atoms with E-state index >= 15 is 0 Å². The molecular formula is C12H19N3O2. The lowest BCUT2D eigenvalue weighted by Crippen LogP contribution is -2.45. The average molecular weight is 237 g/mol. The van der Waals surface area contributed by atoms with Crippen molar-refractivity contribution in [2.45, 2.75) is 26.8 Å². The van der Waals surface area contributed by atoms with Crippen molar-refractivity contribution in [3.63, 3.8) is 0 Å². The third-order valence-corrected chi connectivity index (χ3v) is 2.44. The van der Waals surface area contributed by atoms with Crippen molar-refractivity contribution < 1.29 is 9.53 Å². The topological polar surface area (TPSA) is 77.2 Å². The van der Waals surface area contributed by atoms with Crippen LogP contribution in [-0.2, 0) is 4.79 Å². The van der Waals surface area contributed by atoms with Crippen LogP contribution in [0.15, 0.2) is 18.3 Å². The van der Waals surface area contributed by atoms with Gasteiger partial charge in [-0.3, -0.25) is 4.79 Å². The van der Waals surface area contributed by atoms with Crippen LogP contribution in [0.2, 0.25) is 0 Å². The van der Waals surface area contributed by atoms with E-state index in [4.69, 9.17) is 10.5 Å². The van der Waals surface area contributed by atoms with Gasteiger partial charge in [0.05, 0.1) is 13.2 Å². The van der Waals surface area contributed by atoms with Gasteiger partial charge < -0.3 is 15.8 Å². The predicted molar refractivity (Wildman–Crippen MR) is 66.8 cm³/mol. The second-order valence-corrected chi connectivity index (χ2v) is 4.89. The first-order valence-corrected chi connectivity index (χ1v) is 5.41. The van der Waals surface area contributed by atoms with Crippen LogP contribution >= 0.6 is 0 Å². The van der Waals surface area contributed by atoms with Crippen molar-refractivity contribution in [2.24, 2.45) is 11.1 Å². The molecule has 3 N–H and O–H groups in total. The molecule has 0 aliphatic carbocycles. The maximum Gasteiger partial charge on any atom is 0.241 e. The summed E-state index contributed by atoms with van der Waals surface area (Å²) < 4.78 is 5.04. The molecule has 17 heavy (non-hydrogen) atoms. The van der Waals surface area contributed by atoms with Gasteiger partial charge in [0.2, 0.25) is 11.8 Å². The van der Waals surface area contributed by atoms with Gasteiger partial charge in [0.25, 0.3) is 0 Å². The van der Waals surface area contributed by atoms with Crippen LogP contribution in [0.4, 0.5) is 5.69 Å². The Balaban J connectivity index is 2.81. The number of pyridine rings is 1. The molecule has 1 amide bonds. The number of methoxy groups -OCH3 is 1. The van der Waals surface area contributed by atoms with E-state index in [-0.39, 0.29) is 11.3 Å². The fraction of sp³-hybridized carbons (Fsp3) is 0.500. The standard InChI is InChI=1S/C12H19N3O2/c1-12(2,3)9(13)10(16)15-8-6-5-7-14-11(8)17-4/h5-7,9H,13H2,1-4H3,(H,15,16)/t9-/m0/s1. The highest BCUT2D eigenvalue weighted by Gasteiger charge is 2.27. The molecule has 1 aromatic heterocycles. The molecule has 0 bridgehead atoms. The van der Waals surface area contributed by atoms with E-state index < -0.39 is 6.04 Å². The van der Waals surface area contributed by atoms with E-state index in [1.165, 1.54) is 7.11 Å². The molecular weight excluding hydrogens is 218 g/mol. The normalized spacial score (nSPS) is 13.0. The number of nitrogens with one attached hydrogen (secondary N) is 1. The van der Waals surface area contributed by atoms with Gasteiger partial charge in [-0.05, 0) is 17.5 Å². The molecule has 0 aliphatic rings. The number of rotatable bonds is 3. The second kappa shape index (κ2) is 5.14. The lowest BCUT2D eigenvalue weighted by atomic mass is 9.87. The molecule has 0 spiro atoms. The number of nitrogens with two attached hydrogens (primary N) is 1. The van der Waals surface area contributed by atoms with Crippen molar-refractivity contribution in [3.05, 3.63) is 18.3 Å². The number of ether oxygens (including phenoxy) is 1. The van der Waals surface area contributed by atoms with Gasteiger partial charge in [0, 0.05) is 6.20 Å². The summed E-state index contributed by atoms with van der Waals surface area (Å²) >= 11 is 0. The quantitative estimate of drug-likeness (QED) is 0.833. The van der Waals surface area contributed by atoms with Crippen molar-refractivity contribution in [1.82, 2.24) is 4.98 Å². The number of amides is 1. The van der Waals surface area contributed by atoms with Crippen LogP contribution < -0.4 is 15.8 Å². The number of carbonyl (C=O) groups excluding carboxylic acids is 1. The van der Waals surface area contributed by atoms with E-state index in [9.17, 15) is 4.79 Å². The fourth-order valence-electron chi connectivity index (χ4n) is 1.25. The van der Waals surface area contributed by atoms with E-state index in [0.29, 0.717) is 11.6 Å². The maximum absolute atomic E-state index is 11.9. The molecule has 0 unspecified atom stereocenters. The Morgan fingerprint density at radius 1 is 1.53 bits per heavy atom. The van der Waals surface area contributed by atoms with Gasteiger partial charge in [0.15, 0.2) is 0 Å². The summed E-state index contributed by atoms with van der Waals surface area (Å²) in [6.45, 7) is 5.74. The summed E-state index contributed by atoms with van der Waals surface area (Å²) in [5, 5.41) is 2.72.